The number of aromatic nitrogens is 3. The summed E-state index contributed by atoms with van der Waals surface area (Å²) in [4.78, 5) is 40.8. The van der Waals surface area contributed by atoms with Crippen molar-refractivity contribution < 1.29 is 9.59 Å². The van der Waals surface area contributed by atoms with E-state index in [2.05, 4.69) is 25.6 Å². The third-order valence-electron chi connectivity index (χ3n) is 6.76. The quantitative estimate of drug-likeness (QED) is 0.484. The predicted octanol–water partition coefficient (Wildman–Crippen LogP) is 4.69. The van der Waals surface area contributed by atoms with E-state index < -0.39 is 0 Å². The molecular formula is C27H29ClN6O2. The fourth-order valence-corrected chi connectivity index (χ4v) is 5.07. The smallest absolute Gasteiger partial charge is 0.254 e. The van der Waals surface area contributed by atoms with E-state index in [0.717, 1.165) is 35.4 Å². The van der Waals surface area contributed by atoms with Crippen LogP contribution in [0.1, 0.15) is 66.0 Å². The highest BCUT2D eigenvalue weighted by atomic mass is 35.5. The lowest BCUT2D eigenvalue weighted by molar-refractivity contribution is -0.122. The van der Waals surface area contributed by atoms with Gasteiger partial charge in [0.15, 0.2) is 0 Å². The zero-order chi connectivity index (χ0) is 25.2. The van der Waals surface area contributed by atoms with Crippen molar-refractivity contribution in [2.24, 2.45) is 0 Å². The highest BCUT2D eigenvalue weighted by Gasteiger charge is 2.30. The van der Waals surface area contributed by atoms with Crippen LogP contribution in [0.2, 0.25) is 5.02 Å². The molecule has 1 aromatic carbocycles. The molecule has 0 bridgehead atoms. The van der Waals surface area contributed by atoms with E-state index in [1.54, 1.807) is 11.1 Å². The molecule has 2 aromatic heterocycles. The summed E-state index contributed by atoms with van der Waals surface area (Å²) in [7, 11) is 0. The largest absolute Gasteiger partial charge is 0.351 e. The van der Waals surface area contributed by atoms with Gasteiger partial charge in [-0.15, -0.1) is 0 Å². The summed E-state index contributed by atoms with van der Waals surface area (Å²) in [5.74, 6) is 0.134. The summed E-state index contributed by atoms with van der Waals surface area (Å²) in [6.45, 7) is 4.15. The molecule has 1 unspecified atom stereocenters. The Morgan fingerprint density at radius 3 is 2.78 bits per heavy atom. The zero-order valence-electron chi connectivity index (χ0n) is 20.4. The molecule has 9 heteroatoms. The van der Waals surface area contributed by atoms with Crippen molar-refractivity contribution in [3.05, 3.63) is 70.1 Å². The molecule has 1 fully saturated rings. The Hall–Kier alpha value is -3.52. The molecule has 1 aliphatic carbocycles. The van der Waals surface area contributed by atoms with Crippen LogP contribution >= 0.6 is 11.6 Å². The lowest BCUT2D eigenvalue weighted by atomic mass is 10.0. The van der Waals surface area contributed by atoms with Crippen molar-refractivity contribution >= 4 is 29.4 Å². The number of nitrogens with zero attached hydrogens (tertiary/aromatic N) is 4. The number of amides is 2. The van der Waals surface area contributed by atoms with Crippen molar-refractivity contribution in [2.45, 2.75) is 58.2 Å². The normalized spacial score (nSPS) is 16.2. The van der Waals surface area contributed by atoms with E-state index in [1.807, 2.05) is 50.2 Å². The fraction of sp³-hybridized carbons (Fsp3) is 0.370. The number of carbonyl (C=O) groups is 2. The third kappa shape index (κ3) is 5.18. The Labute approximate surface area is 215 Å². The van der Waals surface area contributed by atoms with E-state index in [-0.39, 0.29) is 24.4 Å². The number of halogens is 1. The monoisotopic (exact) mass is 504 g/mol. The van der Waals surface area contributed by atoms with Gasteiger partial charge < -0.3 is 15.5 Å². The van der Waals surface area contributed by atoms with Gasteiger partial charge in [-0.05, 0) is 50.5 Å². The minimum absolute atomic E-state index is 0.0251. The maximum Gasteiger partial charge on any atom is 0.254 e. The molecule has 2 aliphatic rings. The fourth-order valence-electron chi connectivity index (χ4n) is 4.87. The molecule has 0 radical (unpaired) electrons. The molecule has 8 nitrogen and oxygen atoms in total. The van der Waals surface area contributed by atoms with Crippen LogP contribution in [0.5, 0.6) is 0 Å². The van der Waals surface area contributed by atoms with E-state index in [0.29, 0.717) is 34.8 Å². The average molecular weight is 505 g/mol. The van der Waals surface area contributed by atoms with E-state index in [1.165, 1.54) is 12.8 Å². The highest BCUT2D eigenvalue weighted by molar-refractivity contribution is 6.33. The van der Waals surface area contributed by atoms with Crippen LogP contribution in [0, 0.1) is 6.92 Å². The molecule has 0 saturated heterocycles. The molecule has 0 spiro atoms. The number of benzene rings is 1. The maximum atomic E-state index is 13.2. The van der Waals surface area contributed by atoms with Gasteiger partial charge in [-0.25, -0.2) is 9.97 Å². The molecule has 1 aliphatic heterocycles. The number of anilines is 1. The van der Waals surface area contributed by atoms with Crippen LogP contribution in [0.4, 0.5) is 5.95 Å². The molecule has 36 heavy (non-hydrogen) atoms. The first-order valence-corrected chi connectivity index (χ1v) is 12.7. The number of nitrogens with one attached hydrogen (secondary N) is 2. The minimum atomic E-state index is -0.254. The number of rotatable bonds is 7. The molecule has 186 valence electrons. The molecule has 5 rings (SSSR count). The van der Waals surface area contributed by atoms with Gasteiger partial charge in [0.05, 0.1) is 28.6 Å². The Bertz CT molecular complexity index is 1310. The van der Waals surface area contributed by atoms with Crippen LogP contribution in [-0.2, 0) is 11.3 Å². The summed E-state index contributed by atoms with van der Waals surface area (Å²) in [5, 5.41) is 6.76. The lowest BCUT2D eigenvalue weighted by Gasteiger charge is -2.18. The molecule has 2 N–H and O–H groups in total. The van der Waals surface area contributed by atoms with Crippen molar-refractivity contribution in [2.75, 3.05) is 11.9 Å². The second kappa shape index (κ2) is 10.2. The van der Waals surface area contributed by atoms with E-state index >= 15 is 0 Å². The Morgan fingerprint density at radius 1 is 1.19 bits per heavy atom. The maximum absolute atomic E-state index is 13.2. The first kappa shape index (κ1) is 24.2. The van der Waals surface area contributed by atoms with Gasteiger partial charge >= 0.3 is 0 Å². The third-order valence-corrected chi connectivity index (χ3v) is 7.04. The SMILES string of the molecule is Cc1cccc(C(C)NC(=O)CN2Cc3ccc(-c4nc(NC5CCCC5)ncc4Cl)cc3C2=O)n1. The van der Waals surface area contributed by atoms with Crippen LogP contribution in [-0.4, -0.2) is 44.3 Å². The molecule has 1 atom stereocenters. The first-order chi connectivity index (χ1) is 17.4. The molecule has 1 saturated carbocycles. The summed E-state index contributed by atoms with van der Waals surface area (Å²) < 4.78 is 0. The number of hydrogen-bond acceptors (Lipinski definition) is 6. The van der Waals surface area contributed by atoms with Gasteiger partial charge in [0.1, 0.15) is 6.54 Å². The standard InChI is InChI=1S/C27H29ClN6O2/c1-16-6-5-9-23(30-16)17(2)31-24(35)15-34-14-19-11-10-18(12-21(19)26(34)36)25-22(28)13-29-27(33-25)32-20-7-3-4-8-20/h5-6,9-13,17,20H,3-4,7-8,14-15H2,1-2H3,(H,31,35)(H,29,32,33). The number of hydrogen-bond donors (Lipinski definition) is 2. The van der Waals surface area contributed by atoms with Crippen LogP contribution in [0.3, 0.4) is 0 Å². The summed E-state index contributed by atoms with van der Waals surface area (Å²) in [5.41, 5.74) is 4.44. The van der Waals surface area contributed by atoms with Crippen molar-refractivity contribution in [3.8, 4) is 11.3 Å². The van der Waals surface area contributed by atoms with Gasteiger partial charge in [-0.2, -0.15) is 0 Å². The van der Waals surface area contributed by atoms with Gasteiger partial charge in [-0.1, -0.05) is 42.6 Å². The topological polar surface area (TPSA) is 100 Å². The molecule has 2 amide bonds. The van der Waals surface area contributed by atoms with Crippen molar-refractivity contribution in [1.29, 1.82) is 0 Å². The van der Waals surface area contributed by atoms with Gasteiger partial charge in [0, 0.05) is 29.4 Å². The lowest BCUT2D eigenvalue weighted by Crippen LogP contribution is -2.38. The Morgan fingerprint density at radius 2 is 2.00 bits per heavy atom. The Kier molecular flexibility index (Phi) is 6.87. The molecule has 3 heterocycles. The summed E-state index contributed by atoms with van der Waals surface area (Å²) in [6, 6.07) is 11.5. The summed E-state index contributed by atoms with van der Waals surface area (Å²) >= 11 is 6.43. The first-order valence-electron chi connectivity index (χ1n) is 12.3. The predicted molar refractivity (Wildman–Crippen MR) is 139 cm³/mol. The van der Waals surface area contributed by atoms with E-state index in [9.17, 15) is 9.59 Å². The van der Waals surface area contributed by atoms with Crippen LogP contribution < -0.4 is 10.6 Å². The highest BCUT2D eigenvalue weighted by Crippen LogP contribution is 2.32. The Balaban J connectivity index is 1.28. The number of fused-ring (bicyclic) bond motifs is 1. The van der Waals surface area contributed by atoms with Crippen molar-refractivity contribution in [1.82, 2.24) is 25.2 Å². The zero-order valence-corrected chi connectivity index (χ0v) is 21.2. The van der Waals surface area contributed by atoms with Crippen LogP contribution in [0.15, 0.2) is 42.6 Å². The van der Waals surface area contributed by atoms with Gasteiger partial charge in [0.25, 0.3) is 5.91 Å². The van der Waals surface area contributed by atoms with Crippen LogP contribution in [0.25, 0.3) is 11.3 Å². The van der Waals surface area contributed by atoms with Gasteiger partial charge in [0.2, 0.25) is 11.9 Å². The second-order valence-corrected chi connectivity index (χ2v) is 9.95. The number of carbonyl (C=O) groups excluding carboxylic acids is 2. The molecular weight excluding hydrogens is 476 g/mol. The second-order valence-electron chi connectivity index (χ2n) is 9.54. The minimum Gasteiger partial charge on any atom is -0.351 e. The van der Waals surface area contributed by atoms with Gasteiger partial charge in [-0.3, -0.25) is 14.6 Å². The summed E-state index contributed by atoms with van der Waals surface area (Å²) in [6.07, 6.45) is 6.23. The number of aryl methyl sites for hydroxylation is 1. The van der Waals surface area contributed by atoms with Crippen molar-refractivity contribution in [3.63, 3.8) is 0 Å². The molecule has 3 aromatic rings. The van der Waals surface area contributed by atoms with E-state index in [4.69, 9.17) is 11.6 Å². The average Bonchev–Trinajstić information content (AvgIpc) is 3.48. The number of pyridine rings is 1.